The van der Waals surface area contributed by atoms with Crippen molar-refractivity contribution >= 4 is 43.8 Å². The number of anilines is 2. The summed E-state index contributed by atoms with van der Waals surface area (Å²) < 4.78 is 54.6. The van der Waals surface area contributed by atoms with E-state index in [0.717, 1.165) is 27.8 Å². The number of hydrogen-bond acceptors (Lipinski definition) is 8. The molecule has 0 amide bonds. The molecule has 1 heterocycles. The number of hydrogen-bond donors (Lipinski definition) is 2. The van der Waals surface area contributed by atoms with Gasteiger partial charge in [-0.1, -0.05) is 23.8 Å². The monoisotopic (exact) mass is 552 g/mol. The van der Waals surface area contributed by atoms with Crippen molar-refractivity contribution in [3.63, 3.8) is 0 Å². The number of benzene rings is 2. The van der Waals surface area contributed by atoms with Crippen LogP contribution in [0.2, 0.25) is 5.02 Å². The molecule has 192 valence electrons. The van der Waals surface area contributed by atoms with Crippen molar-refractivity contribution in [3.05, 3.63) is 70.5 Å². The molecule has 36 heavy (non-hydrogen) atoms. The Morgan fingerprint density at radius 1 is 1.22 bits per heavy atom. The van der Waals surface area contributed by atoms with Crippen LogP contribution in [0.4, 0.5) is 15.2 Å². The first-order valence-electron chi connectivity index (χ1n) is 11.0. The van der Waals surface area contributed by atoms with Gasteiger partial charge in [0.05, 0.1) is 31.5 Å². The number of nitrogens with zero attached hydrogens (tertiary/aromatic N) is 2. The first kappa shape index (κ1) is 26.2. The summed E-state index contributed by atoms with van der Waals surface area (Å²) >= 11 is 7.54. The lowest BCUT2D eigenvalue weighted by Crippen LogP contribution is -2.41. The minimum absolute atomic E-state index is 0.0674. The average Bonchev–Trinajstić information content (AvgIpc) is 3.40. The number of nitrogens with one attached hydrogen (secondary N) is 1. The summed E-state index contributed by atoms with van der Waals surface area (Å²) in [6.07, 6.45) is 6.80. The van der Waals surface area contributed by atoms with Gasteiger partial charge in [-0.3, -0.25) is 0 Å². The molecule has 8 nitrogen and oxygen atoms in total. The number of rotatable bonds is 9. The Morgan fingerprint density at radius 2 is 2.00 bits per heavy atom. The Hall–Kier alpha value is -2.86. The number of sulfonamides is 1. The Morgan fingerprint density at radius 3 is 2.67 bits per heavy atom. The van der Waals surface area contributed by atoms with Gasteiger partial charge >= 0.3 is 0 Å². The van der Waals surface area contributed by atoms with E-state index in [1.165, 1.54) is 20.4 Å². The lowest BCUT2D eigenvalue weighted by Gasteiger charge is -2.28. The van der Waals surface area contributed by atoms with E-state index >= 15 is 4.39 Å². The van der Waals surface area contributed by atoms with Crippen molar-refractivity contribution in [2.45, 2.75) is 36.4 Å². The molecule has 12 heteroatoms. The molecule has 1 unspecified atom stereocenters. The maximum absolute atomic E-state index is 15.4. The fourth-order valence-electron chi connectivity index (χ4n) is 3.89. The van der Waals surface area contributed by atoms with Gasteiger partial charge in [0.1, 0.15) is 22.2 Å². The zero-order chi connectivity index (χ0) is 25.9. The molecule has 3 N–H and O–H groups in total. The molecule has 3 aromatic rings. The molecule has 2 aromatic carbocycles. The number of ether oxygens (including phenoxy) is 2. The van der Waals surface area contributed by atoms with Crippen molar-refractivity contribution in [3.8, 4) is 11.5 Å². The van der Waals surface area contributed by atoms with Crippen molar-refractivity contribution in [1.82, 2.24) is 4.98 Å². The quantitative estimate of drug-likeness (QED) is 0.367. The minimum atomic E-state index is -4.41. The predicted octanol–water partition coefficient (Wildman–Crippen LogP) is 4.81. The van der Waals surface area contributed by atoms with Gasteiger partial charge in [-0.15, -0.1) is 11.3 Å². The number of methoxy groups -OCH3 is 2. The van der Waals surface area contributed by atoms with E-state index in [4.69, 9.17) is 26.8 Å². The van der Waals surface area contributed by atoms with Gasteiger partial charge in [0.2, 0.25) is 0 Å². The van der Waals surface area contributed by atoms with Gasteiger partial charge in [-0.05, 0) is 37.1 Å². The van der Waals surface area contributed by atoms with Crippen LogP contribution in [-0.2, 0) is 16.6 Å². The van der Waals surface area contributed by atoms with Crippen LogP contribution in [0.15, 0.2) is 59.0 Å². The zero-order valence-corrected chi connectivity index (χ0v) is 22.0. The van der Waals surface area contributed by atoms with Crippen molar-refractivity contribution in [2.75, 3.05) is 23.8 Å². The summed E-state index contributed by atoms with van der Waals surface area (Å²) in [4.78, 5) is 3.60. The summed E-state index contributed by atoms with van der Waals surface area (Å²) in [7, 11) is -1.42. The smallest absolute Gasteiger partial charge is 0.269 e. The van der Waals surface area contributed by atoms with E-state index in [1.54, 1.807) is 23.6 Å². The Balaban J connectivity index is 1.70. The van der Waals surface area contributed by atoms with Crippen LogP contribution in [0, 0.1) is 5.82 Å². The normalized spacial score (nSPS) is 17.6. The zero-order valence-electron chi connectivity index (χ0n) is 19.6. The maximum Gasteiger partial charge on any atom is 0.269 e. The van der Waals surface area contributed by atoms with Crippen LogP contribution in [0.25, 0.3) is 0 Å². The summed E-state index contributed by atoms with van der Waals surface area (Å²) in [5, 5.41) is 5.03. The highest BCUT2D eigenvalue weighted by atomic mass is 35.5. The van der Waals surface area contributed by atoms with E-state index in [1.807, 2.05) is 12.2 Å². The first-order chi connectivity index (χ1) is 17.2. The lowest BCUT2D eigenvalue weighted by molar-refractivity contribution is 0.391. The second kappa shape index (κ2) is 11.0. The molecule has 0 aliphatic heterocycles. The average molecular weight is 553 g/mol. The second-order valence-corrected chi connectivity index (χ2v) is 11.2. The molecule has 1 aromatic heterocycles. The highest BCUT2D eigenvalue weighted by Gasteiger charge is 2.32. The van der Waals surface area contributed by atoms with E-state index in [2.05, 4.69) is 10.3 Å². The third-order valence-electron chi connectivity index (χ3n) is 5.85. The molecule has 1 aliphatic rings. The van der Waals surface area contributed by atoms with Crippen LogP contribution < -0.4 is 24.8 Å². The van der Waals surface area contributed by atoms with Crippen molar-refractivity contribution < 1.29 is 22.3 Å². The fraction of sp³-hybridized carbons (Fsp3) is 0.292. The van der Waals surface area contributed by atoms with E-state index in [9.17, 15) is 8.42 Å². The second-order valence-electron chi connectivity index (χ2n) is 8.12. The van der Waals surface area contributed by atoms with Crippen LogP contribution >= 0.6 is 22.9 Å². The Bertz CT molecular complexity index is 1350. The molecule has 0 bridgehead atoms. The highest BCUT2D eigenvalue weighted by Crippen LogP contribution is 2.35. The van der Waals surface area contributed by atoms with Gasteiger partial charge in [-0.25, -0.2) is 22.1 Å². The molecule has 0 radical (unpaired) electrons. The van der Waals surface area contributed by atoms with E-state index in [0.29, 0.717) is 29.9 Å². The fourth-order valence-corrected chi connectivity index (χ4v) is 6.51. The molecule has 4 rings (SSSR count). The van der Waals surface area contributed by atoms with Crippen LogP contribution in [-0.4, -0.2) is 39.7 Å². The third-order valence-corrected chi connectivity index (χ3v) is 8.83. The van der Waals surface area contributed by atoms with Crippen LogP contribution in [0.3, 0.4) is 0 Å². The number of nitrogens with two attached hydrogens (primary N) is 1. The molecule has 2 atom stereocenters. The molecule has 0 spiro atoms. The standard InChI is InChI=1S/C24H26ClFN4O4S2/c1-33-16-8-7-15(22(11-16)34-2)14-30(24-28-9-10-35-24)36(31,32)23-12-17(25)21(13-18(23)26)29-20-6-4-3-5-19(20)27/h3-4,7-13,19-20,29H,5-6,14,27H2,1-2H3/t19?,20-/m0/s1. The van der Waals surface area contributed by atoms with Crippen molar-refractivity contribution in [2.24, 2.45) is 5.73 Å². The molecular weight excluding hydrogens is 527 g/mol. The molecular formula is C24H26ClFN4O4S2. The molecule has 1 aliphatic carbocycles. The van der Waals surface area contributed by atoms with Crippen LogP contribution in [0.1, 0.15) is 18.4 Å². The summed E-state index contributed by atoms with van der Waals surface area (Å²) in [5.74, 6) is 0.0282. The third kappa shape index (κ3) is 5.44. The number of halogens is 2. The lowest BCUT2D eigenvalue weighted by atomic mass is 9.96. The van der Waals surface area contributed by atoms with Gasteiger partial charge in [0.25, 0.3) is 10.0 Å². The summed E-state index contributed by atoms with van der Waals surface area (Å²) in [5.41, 5.74) is 6.97. The van der Waals surface area contributed by atoms with Gasteiger partial charge in [-0.2, -0.15) is 0 Å². The van der Waals surface area contributed by atoms with Crippen molar-refractivity contribution in [1.29, 1.82) is 0 Å². The highest BCUT2D eigenvalue weighted by molar-refractivity contribution is 7.93. The SMILES string of the molecule is COc1ccc(CN(c2nccs2)S(=O)(=O)c2cc(Cl)c(N[C@H]3CC=CCC3N)cc2F)c(OC)c1. The van der Waals surface area contributed by atoms with E-state index < -0.39 is 20.7 Å². The Labute approximate surface area is 218 Å². The van der Waals surface area contributed by atoms with E-state index in [-0.39, 0.29) is 34.5 Å². The molecule has 0 saturated heterocycles. The number of thiazole rings is 1. The first-order valence-corrected chi connectivity index (χ1v) is 13.7. The molecule has 0 saturated carbocycles. The van der Waals surface area contributed by atoms with Gasteiger partial charge in [0, 0.05) is 35.3 Å². The van der Waals surface area contributed by atoms with Crippen LogP contribution in [0.5, 0.6) is 11.5 Å². The largest absolute Gasteiger partial charge is 0.497 e. The summed E-state index contributed by atoms with van der Waals surface area (Å²) in [6.45, 7) is -0.149. The summed E-state index contributed by atoms with van der Waals surface area (Å²) in [6, 6.07) is 6.91. The predicted molar refractivity (Wildman–Crippen MR) is 140 cm³/mol. The Kier molecular flexibility index (Phi) is 8.04. The number of aromatic nitrogens is 1. The molecule has 0 fully saturated rings. The minimum Gasteiger partial charge on any atom is -0.497 e. The van der Waals surface area contributed by atoms with Gasteiger partial charge < -0.3 is 20.5 Å². The van der Waals surface area contributed by atoms with Gasteiger partial charge in [0.15, 0.2) is 5.13 Å². The topological polar surface area (TPSA) is 107 Å². The maximum atomic E-state index is 15.4.